The molecule has 0 bridgehead atoms. The molecule has 0 spiro atoms. The van der Waals surface area contributed by atoms with Gasteiger partial charge in [0.2, 0.25) is 17.6 Å². The van der Waals surface area contributed by atoms with Crippen LogP contribution >= 0.6 is 11.3 Å². The van der Waals surface area contributed by atoms with Gasteiger partial charge in [-0.05, 0) is 35.1 Å². The fourth-order valence-corrected chi connectivity index (χ4v) is 4.88. The fourth-order valence-electron chi connectivity index (χ4n) is 4.19. The smallest absolute Gasteiger partial charge is 0.296 e. The number of benzene rings is 2. The predicted octanol–water partition coefficient (Wildman–Crippen LogP) is 3.20. The minimum Gasteiger partial charge on any atom is -0.344 e. The molecule has 2 atom stereocenters. The van der Waals surface area contributed by atoms with E-state index in [1.165, 1.54) is 16.2 Å². The highest BCUT2D eigenvalue weighted by Gasteiger charge is 2.38. The number of nitrogens with one attached hydrogen (secondary N) is 1. The topological polar surface area (TPSA) is 86.8 Å². The number of ketones is 1. The van der Waals surface area contributed by atoms with Crippen LogP contribution in [0.3, 0.4) is 0 Å². The molecule has 0 aliphatic carbocycles. The van der Waals surface area contributed by atoms with Gasteiger partial charge in [0.05, 0.1) is 5.00 Å². The van der Waals surface area contributed by atoms with Crippen LogP contribution in [-0.2, 0) is 32.1 Å². The van der Waals surface area contributed by atoms with Crippen LogP contribution in [0.4, 0.5) is 5.00 Å². The zero-order valence-electron chi connectivity index (χ0n) is 19.4. The number of thiophene rings is 1. The largest absolute Gasteiger partial charge is 0.344 e. The van der Waals surface area contributed by atoms with E-state index in [9.17, 15) is 19.2 Å². The monoisotopic (exact) mass is 489 g/mol. The summed E-state index contributed by atoms with van der Waals surface area (Å²) in [4.78, 5) is 55.0. The van der Waals surface area contributed by atoms with Crippen molar-refractivity contribution in [1.29, 1.82) is 0 Å². The van der Waals surface area contributed by atoms with Crippen LogP contribution in [0.5, 0.6) is 0 Å². The Balaban J connectivity index is 1.52. The lowest BCUT2D eigenvalue weighted by Gasteiger charge is -2.27. The summed E-state index contributed by atoms with van der Waals surface area (Å²) in [5.74, 6) is -1.92. The van der Waals surface area contributed by atoms with Crippen molar-refractivity contribution in [2.75, 3.05) is 11.9 Å². The molecule has 1 aliphatic rings. The summed E-state index contributed by atoms with van der Waals surface area (Å²) < 4.78 is 0. The Morgan fingerprint density at radius 3 is 2.29 bits per heavy atom. The summed E-state index contributed by atoms with van der Waals surface area (Å²) >= 11 is 1.35. The van der Waals surface area contributed by atoms with E-state index in [1.807, 2.05) is 66.0 Å². The Kier molecular flexibility index (Phi) is 7.72. The van der Waals surface area contributed by atoms with E-state index in [0.717, 1.165) is 11.1 Å². The number of hydrogen-bond acceptors (Lipinski definition) is 5. The summed E-state index contributed by atoms with van der Waals surface area (Å²) in [5, 5.41) is 5.26. The minimum absolute atomic E-state index is 0.103. The van der Waals surface area contributed by atoms with E-state index in [0.29, 0.717) is 18.0 Å². The second-order valence-electron chi connectivity index (χ2n) is 8.49. The van der Waals surface area contributed by atoms with E-state index in [4.69, 9.17) is 0 Å². The number of carbonyl (C=O) groups is 4. The zero-order chi connectivity index (χ0) is 24.8. The summed E-state index contributed by atoms with van der Waals surface area (Å²) in [5.41, 5.74) is 1.74. The van der Waals surface area contributed by atoms with Gasteiger partial charge in [-0.25, -0.2) is 0 Å². The Morgan fingerprint density at radius 2 is 1.66 bits per heavy atom. The summed E-state index contributed by atoms with van der Waals surface area (Å²) in [7, 11) is 1.55. The number of Topliss-reactive ketones (excluding diaryl/α,β-unsaturated/α-hetero) is 1. The first-order chi connectivity index (χ1) is 16.9. The molecule has 3 amide bonds. The lowest BCUT2D eigenvalue weighted by Crippen LogP contribution is -2.53. The molecule has 180 valence electrons. The first-order valence-electron chi connectivity index (χ1n) is 11.5. The third kappa shape index (κ3) is 5.84. The van der Waals surface area contributed by atoms with E-state index in [1.54, 1.807) is 24.1 Å². The van der Waals surface area contributed by atoms with Crippen molar-refractivity contribution in [2.45, 2.75) is 37.9 Å². The van der Waals surface area contributed by atoms with Gasteiger partial charge in [0.15, 0.2) is 0 Å². The van der Waals surface area contributed by atoms with E-state index in [2.05, 4.69) is 5.32 Å². The van der Waals surface area contributed by atoms with Gasteiger partial charge in [0.25, 0.3) is 5.91 Å². The Bertz CT molecular complexity index is 1180. The Labute approximate surface area is 208 Å². The standard InChI is InChI=1S/C27H27N3O4S/c1-29(24-13-8-16-35-24)27(34)25(32)21(17-19-9-4-2-5-10-19)28-26(33)22-14-15-23(31)30(22)18-20-11-6-3-7-12-20/h2-13,16,21-22H,14-15,17-18H2,1H3,(H,28,33). The third-order valence-electron chi connectivity index (χ3n) is 6.09. The molecule has 2 unspecified atom stereocenters. The molecule has 8 heteroatoms. The molecule has 1 N–H and O–H groups in total. The van der Waals surface area contributed by atoms with Crippen LogP contribution in [0.1, 0.15) is 24.0 Å². The molecule has 1 aromatic heterocycles. The van der Waals surface area contributed by atoms with Crippen LogP contribution in [0.15, 0.2) is 78.2 Å². The van der Waals surface area contributed by atoms with Crippen molar-refractivity contribution in [3.05, 3.63) is 89.3 Å². The van der Waals surface area contributed by atoms with Gasteiger partial charge in [-0.3, -0.25) is 19.2 Å². The second-order valence-corrected chi connectivity index (χ2v) is 9.42. The third-order valence-corrected chi connectivity index (χ3v) is 7.04. The van der Waals surface area contributed by atoms with Crippen LogP contribution < -0.4 is 10.2 Å². The van der Waals surface area contributed by atoms with Gasteiger partial charge in [0.1, 0.15) is 12.1 Å². The van der Waals surface area contributed by atoms with Crippen LogP contribution in [0.2, 0.25) is 0 Å². The van der Waals surface area contributed by atoms with Crippen molar-refractivity contribution in [2.24, 2.45) is 0 Å². The summed E-state index contributed by atoms with van der Waals surface area (Å²) in [6, 6.07) is 20.5. The van der Waals surface area contributed by atoms with Crippen molar-refractivity contribution in [3.8, 4) is 0 Å². The van der Waals surface area contributed by atoms with Crippen molar-refractivity contribution in [3.63, 3.8) is 0 Å². The SMILES string of the molecule is CN(C(=O)C(=O)C(Cc1ccccc1)NC(=O)C1CCC(=O)N1Cc1ccccc1)c1cccs1. The van der Waals surface area contributed by atoms with Gasteiger partial charge in [-0.2, -0.15) is 0 Å². The van der Waals surface area contributed by atoms with Gasteiger partial charge in [0, 0.05) is 26.4 Å². The average Bonchev–Trinajstić information content (AvgIpc) is 3.54. The average molecular weight is 490 g/mol. The lowest BCUT2D eigenvalue weighted by molar-refractivity contribution is -0.140. The predicted molar refractivity (Wildman–Crippen MR) is 135 cm³/mol. The summed E-state index contributed by atoms with van der Waals surface area (Å²) in [6.07, 6.45) is 0.809. The first-order valence-corrected chi connectivity index (χ1v) is 12.3. The number of hydrogen-bond donors (Lipinski definition) is 1. The Morgan fingerprint density at radius 1 is 1.00 bits per heavy atom. The van der Waals surface area contributed by atoms with Gasteiger partial charge in [-0.15, -0.1) is 11.3 Å². The lowest BCUT2D eigenvalue weighted by atomic mass is 10.0. The molecule has 1 fully saturated rings. The van der Waals surface area contributed by atoms with E-state index < -0.39 is 29.7 Å². The first kappa shape index (κ1) is 24.3. The number of anilines is 1. The number of rotatable bonds is 9. The molecule has 0 saturated carbocycles. The Hall–Kier alpha value is -3.78. The molecule has 3 aromatic rings. The molecule has 2 aromatic carbocycles. The molecule has 2 heterocycles. The zero-order valence-corrected chi connectivity index (χ0v) is 20.2. The van der Waals surface area contributed by atoms with Crippen molar-refractivity contribution < 1.29 is 19.2 Å². The maximum absolute atomic E-state index is 13.3. The minimum atomic E-state index is -1.05. The quantitative estimate of drug-likeness (QED) is 0.468. The number of likely N-dealkylation sites (tertiary alicyclic amines) is 1. The molecular formula is C27H27N3O4S. The summed E-state index contributed by atoms with van der Waals surface area (Å²) in [6.45, 7) is 0.315. The molecule has 0 radical (unpaired) electrons. The molecular weight excluding hydrogens is 462 g/mol. The molecule has 4 rings (SSSR count). The van der Waals surface area contributed by atoms with Gasteiger partial charge < -0.3 is 15.1 Å². The van der Waals surface area contributed by atoms with Crippen LogP contribution in [0, 0.1) is 0 Å². The molecule has 7 nitrogen and oxygen atoms in total. The van der Waals surface area contributed by atoms with Crippen LogP contribution in [-0.4, -0.2) is 47.5 Å². The highest BCUT2D eigenvalue weighted by molar-refractivity contribution is 7.14. The van der Waals surface area contributed by atoms with Crippen molar-refractivity contribution in [1.82, 2.24) is 10.2 Å². The number of amides is 3. The van der Waals surface area contributed by atoms with Crippen molar-refractivity contribution >= 4 is 39.8 Å². The normalized spacial score (nSPS) is 16.1. The maximum atomic E-state index is 13.3. The molecule has 1 saturated heterocycles. The number of carbonyl (C=O) groups excluding carboxylic acids is 4. The highest BCUT2D eigenvalue weighted by atomic mass is 32.1. The highest BCUT2D eigenvalue weighted by Crippen LogP contribution is 2.23. The number of nitrogens with zero attached hydrogens (tertiary/aromatic N) is 2. The van der Waals surface area contributed by atoms with Gasteiger partial charge >= 0.3 is 0 Å². The fraction of sp³-hybridized carbons (Fsp3) is 0.259. The van der Waals surface area contributed by atoms with E-state index in [-0.39, 0.29) is 18.7 Å². The van der Waals surface area contributed by atoms with E-state index >= 15 is 0 Å². The van der Waals surface area contributed by atoms with Gasteiger partial charge in [-0.1, -0.05) is 60.7 Å². The molecule has 1 aliphatic heterocycles. The maximum Gasteiger partial charge on any atom is 0.296 e. The van der Waals surface area contributed by atoms with Crippen LogP contribution in [0.25, 0.3) is 0 Å². The second kappa shape index (κ2) is 11.1. The number of likely N-dealkylation sites (N-methyl/N-ethyl adjacent to an activating group) is 1. The molecule has 35 heavy (non-hydrogen) atoms.